The average Bonchev–Trinajstić information content (AvgIpc) is 2.54. The third-order valence-electron chi connectivity index (χ3n) is 4.51. The number of benzene rings is 1. The van der Waals surface area contributed by atoms with E-state index < -0.39 is 5.97 Å². The Morgan fingerprint density at radius 1 is 1.42 bits per heavy atom. The fraction of sp³-hybridized carbons (Fsp3) is 0.556. The van der Waals surface area contributed by atoms with Crippen molar-refractivity contribution >= 4 is 23.5 Å². The lowest BCUT2D eigenvalue weighted by Gasteiger charge is -2.35. The maximum Gasteiger partial charge on any atom is 0.306 e. The van der Waals surface area contributed by atoms with Gasteiger partial charge in [-0.15, -0.1) is 0 Å². The average molecular weight is 354 g/mol. The van der Waals surface area contributed by atoms with Crippen LogP contribution in [0.5, 0.6) is 5.75 Å². The number of rotatable bonds is 6. The normalized spacial score (nSPS) is 20.7. The monoisotopic (exact) mass is 353 g/mol. The molecule has 2 unspecified atom stereocenters. The second kappa shape index (κ2) is 8.38. The molecule has 6 heteroatoms. The highest BCUT2D eigenvalue weighted by molar-refractivity contribution is 6.31. The van der Waals surface area contributed by atoms with Crippen molar-refractivity contribution in [1.29, 1.82) is 0 Å². The zero-order valence-electron chi connectivity index (χ0n) is 14.1. The van der Waals surface area contributed by atoms with Gasteiger partial charge in [0.25, 0.3) is 0 Å². The lowest BCUT2D eigenvalue weighted by atomic mass is 9.87. The largest absolute Gasteiger partial charge is 0.494 e. The summed E-state index contributed by atoms with van der Waals surface area (Å²) in [6.07, 6.45) is 1.58. The lowest BCUT2D eigenvalue weighted by Crippen LogP contribution is -2.45. The Balaban J connectivity index is 1.72. The first-order chi connectivity index (χ1) is 11.4. The molecule has 0 saturated carbocycles. The Morgan fingerprint density at radius 3 is 2.79 bits per heavy atom. The molecule has 1 amide bonds. The molecule has 1 N–H and O–H groups in total. The van der Waals surface area contributed by atoms with Crippen molar-refractivity contribution in [3.63, 3.8) is 0 Å². The molecule has 1 aliphatic heterocycles. The number of likely N-dealkylation sites (tertiary alicyclic amines) is 1. The van der Waals surface area contributed by atoms with Crippen molar-refractivity contribution in [1.82, 2.24) is 4.90 Å². The predicted molar refractivity (Wildman–Crippen MR) is 92.4 cm³/mol. The van der Waals surface area contributed by atoms with Crippen LogP contribution in [-0.4, -0.2) is 41.6 Å². The third kappa shape index (κ3) is 4.87. The Morgan fingerprint density at radius 2 is 2.17 bits per heavy atom. The summed E-state index contributed by atoms with van der Waals surface area (Å²) in [7, 11) is 0. The minimum absolute atomic E-state index is 0.00603. The Hall–Kier alpha value is -1.75. The Bertz CT molecular complexity index is 605. The second-order valence-corrected chi connectivity index (χ2v) is 6.82. The van der Waals surface area contributed by atoms with E-state index in [1.165, 1.54) is 0 Å². The van der Waals surface area contributed by atoms with Gasteiger partial charge < -0.3 is 14.7 Å². The first kappa shape index (κ1) is 18.6. The van der Waals surface area contributed by atoms with Crippen LogP contribution in [0.3, 0.4) is 0 Å². The fourth-order valence-corrected chi connectivity index (χ4v) is 3.14. The van der Waals surface area contributed by atoms with Crippen LogP contribution in [0.4, 0.5) is 0 Å². The van der Waals surface area contributed by atoms with E-state index in [2.05, 4.69) is 0 Å². The zero-order chi connectivity index (χ0) is 17.7. The summed E-state index contributed by atoms with van der Waals surface area (Å²) < 4.78 is 5.64. The van der Waals surface area contributed by atoms with Crippen LogP contribution in [0, 0.1) is 18.8 Å². The topological polar surface area (TPSA) is 66.8 Å². The molecular weight excluding hydrogens is 330 g/mol. The number of nitrogens with zero attached hydrogens (tertiary/aromatic N) is 1. The quantitative estimate of drug-likeness (QED) is 0.796. The van der Waals surface area contributed by atoms with Gasteiger partial charge in [0, 0.05) is 24.5 Å². The van der Waals surface area contributed by atoms with Crippen LogP contribution in [-0.2, 0) is 9.59 Å². The van der Waals surface area contributed by atoms with Crippen LogP contribution in [0.15, 0.2) is 18.2 Å². The minimum atomic E-state index is -0.763. The number of aliphatic carboxylic acids is 1. The molecule has 0 radical (unpaired) electrons. The van der Waals surface area contributed by atoms with Crippen LogP contribution in [0.1, 0.15) is 31.7 Å². The number of hydrogen-bond acceptors (Lipinski definition) is 3. The van der Waals surface area contributed by atoms with E-state index in [0.29, 0.717) is 44.0 Å². The molecule has 1 aromatic carbocycles. The van der Waals surface area contributed by atoms with Crippen molar-refractivity contribution in [2.24, 2.45) is 11.8 Å². The van der Waals surface area contributed by atoms with Gasteiger partial charge in [-0.3, -0.25) is 9.59 Å². The van der Waals surface area contributed by atoms with E-state index >= 15 is 0 Å². The van der Waals surface area contributed by atoms with E-state index in [-0.39, 0.29) is 17.7 Å². The fourth-order valence-electron chi connectivity index (χ4n) is 3.02. The molecule has 1 aromatic rings. The standard InChI is InChI=1S/C18H24ClNO4/c1-12-10-14(5-6-16(12)19)24-9-3-4-17(21)20-8-7-15(18(22)23)13(2)11-20/h5-6,10,13,15H,3-4,7-9,11H2,1-2H3,(H,22,23). The molecular formula is C18H24ClNO4. The van der Waals surface area contributed by atoms with Gasteiger partial charge in [0.1, 0.15) is 5.75 Å². The molecule has 2 atom stereocenters. The first-order valence-corrected chi connectivity index (χ1v) is 8.66. The summed E-state index contributed by atoms with van der Waals surface area (Å²) in [5.74, 6) is -0.290. The number of aryl methyl sites for hydroxylation is 1. The molecule has 5 nitrogen and oxygen atoms in total. The van der Waals surface area contributed by atoms with Gasteiger partial charge in [-0.2, -0.15) is 0 Å². The van der Waals surface area contributed by atoms with Gasteiger partial charge in [-0.25, -0.2) is 0 Å². The van der Waals surface area contributed by atoms with Crippen LogP contribution < -0.4 is 4.74 Å². The Labute approximate surface area is 147 Å². The van der Waals surface area contributed by atoms with Gasteiger partial charge in [0.05, 0.1) is 12.5 Å². The lowest BCUT2D eigenvalue weighted by molar-refractivity contribution is -0.148. The van der Waals surface area contributed by atoms with Crippen molar-refractivity contribution in [3.8, 4) is 5.75 Å². The number of hydrogen-bond donors (Lipinski definition) is 1. The van der Waals surface area contributed by atoms with E-state index in [1.807, 2.05) is 26.0 Å². The number of carboxylic acids is 1. The molecule has 0 spiro atoms. The van der Waals surface area contributed by atoms with Gasteiger partial charge in [0.2, 0.25) is 5.91 Å². The second-order valence-electron chi connectivity index (χ2n) is 6.41. The summed E-state index contributed by atoms with van der Waals surface area (Å²) in [5, 5.41) is 9.83. The molecule has 1 fully saturated rings. The summed E-state index contributed by atoms with van der Waals surface area (Å²) >= 11 is 5.97. The number of carbonyl (C=O) groups is 2. The SMILES string of the molecule is Cc1cc(OCCCC(=O)N2CCC(C(=O)O)C(C)C2)ccc1Cl. The molecule has 132 valence electrons. The van der Waals surface area contributed by atoms with E-state index in [4.69, 9.17) is 21.4 Å². The number of halogens is 1. The number of ether oxygens (including phenoxy) is 1. The molecule has 1 saturated heterocycles. The molecule has 1 heterocycles. The Kier molecular flexibility index (Phi) is 6.49. The van der Waals surface area contributed by atoms with Crippen molar-refractivity contribution in [2.75, 3.05) is 19.7 Å². The molecule has 0 bridgehead atoms. The summed E-state index contributed by atoms with van der Waals surface area (Å²) in [5.41, 5.74) is 0.959. The molecule has 2 rings (SSSR count). The van der Waals surface area contributed by atoms with E-state index in [1.54, 1.807) is 11.0 Å². The number of carboxylic acid groups (broad SMARTS) is 1. The van der Waals surface area contributed by atoms with E-state index in [0.717, 1.165) is 11.3 Å². The first-order valence-electron chi connectivity index (χ1n) is 8.28. The third-order valence-corrected chi connectivity index (χ3v) is 4.93. The highest BCUT2D eigenvalue weighted by atomic mass is 35.5. The highest BCUT2D eigenvalue weighted by Gasteiger charge is 2.32. The minimum Gasteiger partial charge on any atom is -0.494 e. The summed E-state index contributed by atoms with van der Waals surface area (Å²) in [6.45, 7) is 5.32. The van der Waals surface area contributed by atoms with Crippen molar-refractivity contribution in [2.45, 2.75) is 33.1 Å². The molecule has 1 aliphatic rings. The maximum atomic E-state index is 12.2. The van der Waals surface area contributed by atoms with Crippen LogP contribution >= 0.6 is 11.6 Å². The van der Waals surface area contributed by atoms with Crippen LogP contribution in [0.2, 0.25) is 5.02 Å². The predicted octanol–water partition coefficient (Wildman–Crippen LogP) is 3.38. The zero-order valence-corrected chi connectivity index (χ0v) is 14.9. The number of amides is 1. The number of piperidine rings is 1. The number of carbonyl (C=O) groups excluding carboxylic acids is 1. The molecule has 0 aromatic heterocycles. The van der Waals surface area contributed by atoms with Gasteiger partial charge >= 0.3 is 5.97 Å². The van der Waals surface area contributed by atoms with Crippen molar-refractivity contribution < 1.29 is 19.4 Å². The highest BCUT2D eigenvalue weighted by Crippen LogP contribution is 2.24. The smallest absolute Gasteiger partial charge is 0.306 e. The van der Waals surface area contributed by atoms with E-state index in [9.17, 15) is 9.59 Å². The summed E-state index contributed by atoms with van der Waals surface area (Å²) in [6, 6.07) is 5.49. The molecule has 24 heavy (non-hydrogen) atoms. The van der Waals surface area contributed by atoms with Gasteiger partial charge in [-0.1, -0.05) is 18.5 Å². The van der Waals surface area contributed by atoms with Gasteiger partial charge in [-0.05, 0) is 49.4 Å². The maximum absolute atomic E-state index is 12.2. The summed E-state index contributed by atoms with van der Waals surface area (Å²) in [4.78, 5) is 25.1. The van der Waals surface area contributed by atoms with Gasteiger partial charge in [0.15, 0.2) is 0 Å². The van der Waals surface area contributed by atoms with Crippen LogP contribution in [0.25, 0.3) is 0 Å². The van der Waals surface area contributed by atoms with Crippen molar-refractivity contribution in [3.05, 3.63) is 28.8 Å². The molecule has 0 aliphatic carbocycles.